The van der Waals surface area contributed by atoms with Crippen LogP contribution >= 0.6 is 0 Å². The summed E-state index contributed by atoms with van der Waals surface area (Å²) in [5.41, 5.74) is 3.12. The van der Waals surface area contributed by atoms with Crippen LogP contribution in [0.2, 0.25) is 0 Å². The summed E-state index contributed by atoms with van der Waals surface area (Å²) >= 11 is 0. The molecule has 1 heterocycles. The minimum Gasteiger partial charge on any atom is -0.494 e. The van der Waals surface area contributed by atoms with Gasteiger partial charge in [0.05, 0.1) is 12.3 Å². The third-order valence-corrected chi connectivity index (χ3v) is 3.58. The van der Waals surface area contributed by atoms with Crippen LogP contribution in [0.3, 0.4) is 0 Å². The molecule has 0 radical (unpaired) electrons. The van der Waals surface area contributed by atoms with Gasteiger partial charge in [-0.25, -0.2) is 0 Å². The average Bonchev–Trinajstić information content (AvgIpc) is 3.05. The molecule has 0 bridgehead atoms. The summed E-state index contributed by atoms with van der Waals surface area (Å²) in [7, 11) is 0. The van der Waals surface area contributed by atoms with Crippen molar-refractivity contribution in [3.05, 3.63) is 59.9 Å². The first-order chi connectivity index (χ1) is 11.8. The van der Waals surface area contributed by atoms with Crippen molar-refractivity contribution >= 4 is 5.69 Å². The minimum atomic E-state index is 0.724. The maximum absolute atomic E-state index is 5.68. The SMILES string of the molecule is CCCOc1cccc(CNc2cccc(-n3nnnc3C)c2)c1. The Balaban J connectivity index is 1.68. The molecule has 124 valence electrons. The summed E-state index contributed by atoms with van der Waals surface area (Å²) in [5.74, 6) is 1.67. The number of aryl methyl sites for hydroxylation is 1. The van der Waals surface area contributed by atoms with Gasteiger partial charge in [0.1, 0.15) is 5.75 Å². The first-order valence-electron chi connectivity index (χ1n) is 8.07. The summed E-state index contributed by atoms with van der Waals surface area (Å²) in [5, 5.41) is 15.0. The van der Waals surface area contributed by atoms with Gasteiger partial charge >= 0.3 is 0 Å². The summed E-state index contributed by atoms with van der Waals surface area (Å²) in [6.45, 7) is 5.44. The highest BCUT2D eigenvalue weighted by Crippen LogP contribution is 2.18. The van der Waals surface area contributed by atoms with E-state index < -0.39 is 0 Å². The number of anilines is 1. The number of aromatic nitrogens is 4. The maximum Gasteiger partial charge on any atom is 0.153 e. The van der Waals surface area contributed by atoms with Gasteiger partial charge in [-0.2, -0.15) is 4.68 Å². The molecule has 3 rings (SSSR count). The van der Waals surface area contributed by atoms with E-state index in [-0.39, 0.29) is 0 Å². The molecular formula is C18H21N5O. The molecule has 0 amide bonds. The Morgan fingerprint density at radius 1 is 1.12 bits per heavy atom. The van der Waals surface area contributed by atoms with Gasteiger partial charge in [-0.3, -0.25) is 0 Å². The lowest BCUT2D eigenvalue weighted by molar-refractivity contribution is 0.317. The van der Waals surface area contributed by atoms with E-state index in [1.54, 1.807) is 4.68 Å². The van der Waals surface area contributed by atoms with E-state index in [1.165, 1.54) is 5.56 Å². The summed E-state index contributed by atoms with van der Waals surface area (Å²) < 4.78 is 7.39. The third kappa shape index (κ3) is 3.90. The summed E-state index contributed by atoms with van der Waals surface area (Å²) in [6.07, 6.45) is 1.01. The molecule has 0 aliphatic carbocycles. The molecule has 0 aliphatic rings. The van der Waals surface area contributed by atoms with Gasteiger partial charge in [0, 0.05) is 12.2 Å². The standard InChI is InChI=1S/C18H21N5O/c1-3-10-24-18-9-4-6-15(11-18)13-19-16-7-5-8-17(12-16)23-14(2)20-21-22-23/h4-9,11-12,19H,3,10,13H2,1-2H3. The molecule has 1 aromatic heterocycles. The van der Waals surface area contributed by atoms with Crippen LogP contribution in [-0.4, -0.2) is 26.8 Å². The van der Waals surface area contributed by atoms with E-state index in [9.17, 15) is 0 Å². The van der Waals surface area contributed by atoms with Crippen LogP contribution in [0, 0.1) is 6.92 Å². The fourth-order valence-electron chi connectivity index (χ4n) is 2.39. The van der Waals surface area contributed by atoms with Crippen LogP contribution < -0.4 is 10.1 Å². The lowest BCUT2D eigenvalue weighted by Crippen LogP contribution is -2.03. The Hall–Kier alpha value is -2.89. The molecule has 3 aromatic rings. The number of hydrogen-bond donors (Lipinski definition) is 1. The van der Waals surface area contributed by atoms with Crippen molar-refractivity contribution in [2.75, 3.05) is 11.9 Å². The van der Waals surface area contributed by atoms with Crippen molar-refractivity contribution in [2.45, 2.75) is 26.8 Å². The van der Waals surface area contributed by atoms with E-state index in [0.29, 0.717) is 0 Å². The number of benzene rings is 2. The Kier molecular flexibility index (Phi) is 5.05. The number of hydrogen-bond acceptors (Lipinski definition) is 5. The summed E-state index contributed by atoms with van der Waals surface area (Å²) in [4.78, 5) is 0. The number of tetrazole rings is 1. The molecule has 0 aliphatic heterocycles. The monoisotopic (exact) mass is 323 g/mol. The number of nitrogens with one attached hydrogen (secondary N) is 1. The fraction of sp³-hybridized carbons (Fsp3) is 0.278. The van der Waals surface area contributed by atoms with Gasteiger partial charge in [-0.1, -0.05) is 25.1 Å². The van der Waals surface area contributed by atoms with Gasteiger partial charge in [-0.05, 0) is 59.7 Å². The Morgan fingerprint density at radius 3 is 2.79 bits per heavy atom. The first-order valence-corrected chi connectivity index (χ1v) is 8.07. The zero-order chi connectivity index (χ0) is 16.8. The van der Waals surface area contributed by atoms with E-state index in [4.69, 9.17) is 4.74 Å². The largest absolute Gasteiger partial charge is 0.494 e. The second kappa shape index (κ2) is 7.59. The van der Waals surface area contributed by atoms with E-state index >= 15 is 0 Å². The van der Waals surface area contributed by atoms with Crippen LogP contribution in [0.4, 0.5) is 5.69 Å². The maximum atomic E-state index is 5.68. The predicted molar refractivity (Wildman–Crippen MR) is 93.4 cm³/mol. The van der Waals surface area contributed by atoms with Crippen molar-refractivity contribution in [3.63, 3.8) is 0 Å². The molecular weight excluding hydrogens is 302 g/mol. The normalized spacial score (nSPS) is 10.6. The molecule has 24 heavy (non-hydrogen) atoms. The molecule has 0 fully saturated rings. The lowest BCUT2D eigenvalue weighted by Gasteiger charge is -2.10. The van der Waals surface area contributed by atoms with Crippen LogP contribution in [-0.2, 0) is 6.54 Å². The molecule has 6 heteroatoms. The smallest absolute Gasteiger partial charge is 0.153 e. The van der Waals surface area contributed by atoms with E-state index in [1.807, 2.05) is 43.3 Å². The quantitative estimate of drug-likeness (QED) is 0.722. The van der Waals surface area contributed by atoms with Crippen molar-refractivity contribution in [3.8, 4) is 11.4 Å². The van der Waals surface area contributed by atoms with E-state index in [0.717, 1.165) is 42.5 Å². The molecule has 0 atom stereocenters. The second-order valence-electron chi connectivity index (χ2n) is 5.54. The molecule has 6 nitrogen and oxygen atoms in total. The van der Waals surface area contributed by atoms with Crippen LogP contribution in [0.5, 0.6) is 5.75 Å². The fourth-order valence-corrected chi connectivity index (χ4v) is 2.39. The lowest BCUT2D eigenvalue weighted by atomic mass is 10.2. The Labute approximate surface area is 141 Å². The molecule has 0 spiro atoms. The molecule has 2 aromatic carbocycles. The molecule has 0 saturated heterocycles. The van der Waals surface area contributed by atoms with Gasteiger partial charge in [0.15, 0.2) is 5.82 Å². The number of nitrogens with zero attached hydrogens (tertiary/aromatic N) is 4. The zero-order valence-corrected chi connectivity index (χ0v) is 13.9. The Morgan fingerprint density at radius 2 is 2.00 bits per heavy atom. The van der Waals surface area contributed by atoms with Crippen LogP contribution in [0.1, 0.15) is 24.7 Å². The zero-order valence-electron chi connectivity index (χ0n) is 13.9. The minimum absolute atomic E-state index is 0.724. The topological polar surface area (TPSA) is 64.9 Å². The van der Waals surface area contributed by atoms with Crippen molar-refractivity contribution in [1.82, 2.24) is 20.2 Å². The van der Waals surface area contributed by atoms with Gasteiger partial charge in [-0.15, -0.1) is 5.10 Å². The highest BCUT2D eigenvalue weighted by atomic mass is 16.5. The predicted octanol–water partition coefficient (Wildman–Crippen LogP) is 3.37. The molecule has 0 unspecified atom stereocenters. The van der Waals surface area contributed by atoms with Gasteiger partial charge in [0.25, 0.3) is 0 Å². The van der Waals surface area contributed by atoms with E-state index in [2.05, 4.69) is 39.9 Å². The average molecular weight is 323 g/mol. The molecule has 1 N–H and O–H groups in total. The van der Waals surface area contributed by atoms with Crippen LogP contribution in [0.15, 0.2) is 48.5 Å². The van der Waals surface area contributed by atoms with Gasteiger partial charge < -0.3 is 10.1 Å². The van der Waals surface area contributed by atoms with Crippen molar-refractivity contribution in [2.24, 2.45) is 0 Å². The van der Waals surface area contributed by atoms with Gasteiger partial charge in [0.2, 0.25) is 0 Å². The Bertz CT molecular complexity index is 799. The van der Waals surface area contributed by atoms with Crippen molar-refractivity contribution in [1.29, 1.82) is 0 Å². The number of ether oxygens (including phenoxy) is 1. The van der Waals surface area contributed by atoms with Crippen LogP contribution in [0.25, 0.3) is 5.69 Å². The van der Waals surface area contributed by atoms with Crippen molar-refractivity contribution < 1.29 is 4.74 Å². The summed E-state index contributed by atoms with van der Waals surface area (Å²) in [6, 6.07) is 16.2. The first kappa shape index (κ1) is 16.0. The highest BCUT2D eigenvalue weighted by molar-refractivity contribution is 5.51. The third-order valence-electron chi connectivity index (χ3n) is 3.58. The number of rotatable bonds is 7. The molecule has 0 saturated carbocycles. The highest BCUT2D eigenvalue weighted by Gasteiger charge is 2.04. The second-order valence-corrected chi connectivity index (χ2v) is 5.54.